The highest BCUT2D eigenvalue weighted by atomic mass is 16.2. The van der Waals surface area contributed by atoms with Gasteiger partial charge >= 0.3 is 0 Å². The van der Waals surface area contributed by atoms with Gasteiger partial charge in [0.2, 0.25) is 5.91 Å². The van der Waals surface area contributed by atoms with Crippen LogP contribution in [0.4, 0.5) is 0 Å². The lowest BCUT2D eigenvalue weighted by Crippen LogP contribution is -2.11. The van der Waals surface area contributed by atoms with E-state index >= 15 is 0 Å². The van der Waals surface area contributed by atoms with Crippen molar-refractivity contribution in [1.29, 1.82) is 0 Å². The summed E-state index contributed by atoms with van der Waals surface area (Å²) in [6.07, 6.45) is 5.07. The smallest absolute Gasteiger partial charge is 0.236 e. The van der Waals surface area contributed by atoms with Gasteiger partial charge < -0.3 is 0 Å². The molecular formula is C6H10N2O. The second kappa shape index (κ2) is 5.03. The Morgan fingerprint density at radius 3 is 2.78 bits per heavy atom. The second-order valence-electron chi connectivity index (χ2n) is 1.47. The molecule has 1 amide bonds. The van der Waals surface area contributed by atoms with Gasteiger partial charge in [-0.1, -0.05) is 6.08 Å². The van der Waals surface area contributed by atoms with E-state index in [1.54, 1.807) is 6.08 Å². The van der Waals surface area contributed by atoms with Crippen molar-refractivity contribution in [2.24, 2.45) is 5.10 Å². The summed E-state index contributed by atoms with van der Waals surface area (Å²) in [6, 6.07) is 0. The molecule has 0 heterocycles. The molecule has 0 unspecified atom stereocenters. The van der Waals surface area contributed by atoms with E-state index in [0.29, 0.717) is 0 Å². The average Bonchev–Trinajstić information content (AvgIpc) is 1.80. The molecule has 3 heteroatoms. The van der Waals surface area contributed by atoms with Crippen LogP contribution in [-0.2, 0) is 4.79 Å². The summed E-state index contributed by atoms with van der Waals surface area (Å²) in [4.78, 5) is 10.2. The van der Waals surface area contributed by atoms with Crippen LogP contribution in [0.15, 0.2) is 17.3 Å². The molecular weight excluding hydrogens is 116 g/mol. The Balaban J connectivity index is 3.36. The summed E-state index contributed by atoms with van der Waals surface area (Å²) in [5.41, 5.74) is 2.26. The van der Waals surface area contributed by atoms with Crippen LogP contribution in [0.1, 0.15) is 13.8 Å². The standard InChI is InChI=1S/C6H10N2O/c1-3-4-5-7-8-6(2)9/h3-5H,1-2H3,(H,8,9). The van der Waals surface area contributed by atoms with Gasteiger partial charge in [-0.25, -0.2) is 5.43 Å². The van der Waals surface area contributed by atoms with Crippen molar-refractivity contribution < 1.29 is 4.79 Å². The third-order valence-corrected chi connectivity index (χ3v) is 0.575. The first-order valence-electron chi connectivity index (χ1n) is 2.68. The molecule has 3 nitrogen and oxygen atoms in total. The lowest BCUT2D eigenvalue weighted by atomic mass is 10.6. The lowest BCUT2D eigenvalue weighted by Gasteiger charge is -1.85. The number of allylic oxidation sites excluding steroid dienone is 2. The first kappa shape index (κ1) is 7.88. The highest BCUT2D eigenvalue weighted by Gasteiger charge is 1.79. The Labute approximate surface area is 54.5 Å². The van der Waals surface area contributed by atoms with E-state index in [1.165, 1.54) is 13.1 Å². The largest absolute Gasteiger partial charge is 0.274 e. The number of hydrazone groups is 1. The van der Waals surface area contributed by atoms with Crippen LogP contribution in [0.25, 0.3) is 0 Å². The molecule has 0 saturated heterocycles. The van der Waals surface area contributed by atoms with Gasteiger partial charge in [0.1, 0.15) is 0 Å². The predicted octanol–water partition coefficient (Wildman–Crippen LogP) is 0.684. The maximum absolute atomic E-state index is 10.2. The lowest BCUT2D eigenvalue weighted by molar-refractivity contribution is -0.118. The number of rotatable bonds is 2. The van der Waals surface area contributed by atoms with Crippen LogP contribution in [0.2, 0.25) is 0 Å². The van der Waals surface area contributed by atoms with Crippen molar-refractivity contribution in [3.63, 3.8) is 0 Å². The molecule has 1 N–H and O–H groups in total. The maximum Gasteiger partial charge on any atom is 0.236 e. The minimum atomic E-state index is -0.157. The number of carbonyl (C=O) groups excluding carboxylic acids is 1. The fourth-order valence-electron chi connectivity index (χ4n) is 0.257. The van der Waals surface area contributed by atoms with E-state index in [1.807, 2.05) is 13.0 Å². The first-order chi connectivity index (χ1) is 4.27. The summed E-state index contributed by atoms with van der Waals surface area (Å²) >= 11 is 0. The molecule has 0 radical (unpaired) electrons. The number of carbonyl (C=O) groups is 1. The molecule has 0 bridgehead atoms. The number of hydrogen-bond acceptors (Lipinski definition) is 2. The zero-order chi connectivity index (χ0) is 7.11. The number of nitrogens with one attached hydrogen (secondary N) is 1. The van der Waals surface area contributed by atoms with Crippen molar-refractivity contribution in [3.05, 3.63) is 12.2 Å². The van der Waals surface area contributed by atoms with Crippen LogP contribution >= 0.6 is 0 Å². The quantitative estimate of drug-likeness (QED) is 0.429. The van der Waals surface area contributed by atoms with Gasteiger partial charge in [0.05, 0.1) is 0 Å². The topological polar surface area (TPSA) is 41.5 Å². The molecule has 0 aromatic carbocycles. The molecule has 0 fully saturated rings. The van der Waals surface area contributed by atoms with E-state index < -0.39 is 0 Å². The third kappa shape index (κ3) is 6.88. The Kier molecular flexibility index (Phi) is 4.40. The third-order valence-electron chi connectivity index (χ3n) is 0.575. The van der Waals surface area contributed by atoms with Gasteiger partial charge in [0.15, 0.2) is 0 Å². The zero-order valence-electron chi connectivity index (χ0n) is 5.59. The highest BCUT2D eigenvalue weighted by molar-refractivity contribution is 5.76. The van der Waals surface area contributed by atoms with Gasteiger partial charge in [-0.05, 0) is 13.0 Å². The summed E-state index contributed by atoms with van der Waals surface area (Å²) < 4.78 is 0. The Morgan fingerprint density at radius 2 is 2.33 bits per heavy atom. The molecule has 9 heavy (non-hydrogen) atoms. The number of amides is 1. The normalized spacial score (nSPS) is 10.9. The number of hydrogen-bond donors (Lipinski definition) is 1. The van der Waals surface area contributed by atoms with Crippen molar-refractivity contribution in [2.45, 2.75) is 13.8 Å². The summed E-state index contributed by atoms with van der Waals surface area (Å²) in [6.45, 7) is 3.28. The van der Waals surface area contributed by atoms with Gasteiger partial charge in [-0.15, -0.1) is 0 Å². The minimum absolute atomic E-state index is 0.157. The van der Waals surface area contributed by atoms with E-state index in [-0.39, 0.29) is 5.91 Å². The van der Waals surface area contributed by atoms with Crippen LogP contribution < -0.4 is 5.43 Å². The Bertz CT molecular complexity index is 138. The molecule has 0 aliphatic rings. The summed E-state index contributed by atoms with van der Waals surface area (Å²) in [5.74, 6) is -0.157. The molecule has 0 aromatic heterocycles. The van der Waals surface area contributed by atoms with Gasteiger partial charge in [-0.2, -0.15) is 5.10 Å². The predicted molar refractivity (Wildman–Crippen MR) is 37.1 cm³/mol. The molecule has 0 saturated carbocycles. The fraction of sp³-hybridized carbons (Fsp3) is 0.333. The molecule has 0 atom stereocenters. The van der Waals surface area contributed by atoms with Crippen molar-refractivity contribution >= 4 is 12.1 Å². The minimum Gasteiger partial charge on any atom is -0.274 e. The molecule has 0 aliphatic heterocycles. The molecule has 0 aromatic rings. The van der Waals surface area contributed by atoms with Crippen LogP contribution in [-0.4, -0.2) is 12.1 Å². The SMILES string of the molecule is CC=CC=NNC(C)=O. The van der Waals surface area contributed by atoms with E-state index in [0.717, 1.165) is 0 Å². The summed E-state index contributed by atoms with van der Waals surface area (Å²) in [5, 5.41) is 3.55. The highest BCUT2D eigenvalue weighted by Crippen LogP contribution is 1.64. The zero-order valence-corrected chi connectivity index (χ0v) is 5.59. The molecule has 0 aliphatic carbocycles. The molecule has 0 rings (SSSR count). The summed E-state index contributed by atoms with van der Waals surface area (Å²) in [7, 11) is 0. The van der Waals surface area contributed by atoms with Gasteiger partial charge in [0.25, 0.3) is 0 Å². The van der Waals surface area contributed by atoms with E-state index in [9.17, 15) is 4.79 Å². The first-order valence-corrected chi connectivity index (χ1v) is 2.68. The average molecular weight is 126 g/mol. The van der Waals surface area contributed by atoms with Crippen molar-refractivity contribution in [2.75, 3.05) is 0 Å². The van der Waals surface area contributed by atoms with E-state index in [2.05, 4.69) is 10.5 Å². The van der Waals surface area contributed by atoms with Crippen molar-refractivity contribution in [1.82, 2.24) is 5.43 Å². The van der Waals surface area contributed by atoms with Crippen LogP contribution in [0, 0.1) is 0 Å². The van der Waals surface area contributed by atoms with Crippen LogP contribution in [0.5, 0.6) is 0 Å². The Hall–Kier alpha value is -1.12. The molecule has 50 valence electrons. The van der Waals surface area contributed by atoms with Crippen molar-refractivity contribution in [3.8, 4) is 0 Å². The maximum atomic E-state index is 10.2. The van der Waals surface area contributed by atoms with Gasteiger partial charge in [0, 0.05) is 13.1 Å². The molecule has 0 spiro atoms. The second-order valence-corrected chi connectivity index (χ2v) is 1.47. The fourth-order valence-corrected chi connectivity index (χ4v) is 0.257. The Morgan fingerprint density at radius 1 is 1.67 bits per heavy atom. The monoisotopic (exact) mass is 126 g/mol. The van der Waals surface area contributed by atoms with Gasteiger partial charge in [-0.3, -0.25) is 4.79 Å². The van der Waals surface area contributed by atoms with E-state index in [4.69, 9.17) is 0 Å². The van der Waals surface area contributed by atoms with Crippen LogP contribution in [0.3, 0.4) is 0 Å². The number of nitrogens with zero attached hydrogens (tertiary/aromatic N) is 1.